The average molecular weight is 480 g/mol. The van der Waals surface area contributed by atoms with E-state index in [1.807, 2.05) is 6.07 Å². The molecule has 1 aliphatic carbocycles. The third-order valence-corrected chi connectivity index (χ3v) is 7.77. The van der Waals surface area contributed by atoms with Crippen molar-refractivity contribution in [2.24, 2.45) is 0 Å². The number of aromatic nitrogens is 2. The topological polar surface area (TPSA) is 50.5 Å². The molecule has 5 rings (SSSR count). The van der Waals surface area contributed by atoms with E-state index in [9.17, 15) is 0 Å². The highest BCUT2D eigenvalue weighted by Crippen LogP contribution is 2.29. The number of rotatable bonds is 8. The molecule has 1 aromatic heterocycles. The minimum absolute atomic E-state index is 0.627. The quantitative estimate of drug-likeness (QED) is 0.462. The van der Waals surface area contributed by atoms with Gasteiger partial charge in [0.2, 0.25) is 0 Å². The van der Waals surface area contributed by atoms with E-state index in [0.29, 0.717) is 10.8 Å². The fraction of sp³-hybridized carbons (Fsp3) is 0.519. The number of imidazole rings is 1. The summed E-state index contributed by atoms with van der Waals surface area (Å²) in [5, 5.41) is 0. The van der Waals surface area contributed by atoms with Crippen LogP contribution in [-0.2, 0) is 12.8 Å². The van der Waals surface area contributed by atoms with Crippen molar-refractivity contribution >= 4 is 28.9 Å². The Balaban J connectivity index is 1.18. The maximum absolute atomic E-state index is 5.58. The molecular formula is C27H37N5OS. The van der Waals surface area contributed by atoms with Gasteiger partial charge in [0.1, 0.15) is 5.75 Å². The Morgan fingerprint density at radius 2 is 1.76 bits per heavy atom. The van der Waals surface area contributed by atoms with Crippen molar-refractivity contribution in [3.8, 4) is 5.75 Å². The lowest BCUT2D eigenvalue weighted by molar-refractivity contribution is 0.145. The van der Waals surface area contributed by atoms with Crippen LogP contribution in [0, 0.1) is 4.77 Å². The van der Waals surface area contributed by atoms with E-state index in [1.165, 1.54) is 36.2 Å². The Morgan fingerprint density at radius 1 is 1.03 bits per heavy atom. The number of aromatic amines is 2. The van der Waals surface area contributed by atoms with E-state index >= 15 is 0 Å². The number of nitrogens with one attached hydrogen (secondary N) is 2. The van der Waals surface area contributed by atoms with Crippen molar-refractivity contribution < 1.29 is 4.74 Å². The highest BCUT2D eigenvalue weighted by molar-refractivity contribution is 7.71. The van der Waals surface area contributed by atoms with Crippen LogP contribution in [0.4, 0.5) is 5.69 Å². The summed E-state index contributed by atoms with van der Waals surface area (Å²) in [6, 6.07) is 13.6. The molecule has 0 spiro atoms. The Morgan fingerprint density at radius 3 is 2.50 bits per heavy atom. The number of methoxy groups -OCH3 is 1. The summed E-state index contributed by atoms with van der Waals surface area (Å²) in [5.74, 6) is 0.973. The molecule has 0 radical (unpaired) electrons. The minimum atomic E-state index is 0.627. The second-order valence-corrected chi connectivity index (χ2v) is 10.1. The Bertz CT molecular complexity index is 1160. The first-order chi connectivity index (χ1) is 16.6. The van der Waals surface area contributed by atoms with Crippen molar-refractivity contribution in [1.82, 2.24) is 19.8 Å². The standard InChI is InChI=1S/C27H37N5OS/c1-3-10-31(22-9-8-20-18-23-24(19-21(20)17-22)29-27(34)28-23)14-11-30-12-15-32(16-13-30)25-6-4-5-7-26(25)33-2/h4-7,18-19,22H,3,8-17H2,1-2H3,(H2,28,29,34). The molecule has 1 aliphatic heterocycles. The molecule has 3 aromatic rings. The predicted octanol–water partition coefficient (Wildman–Crippen LogP) is 4.63. The van der Waals surface area contributed by atoms with Crippen molar-refractivity contribution in [2.45, 2.75) is 38.6 Å². The molecule has 6 nitrogen and oxygen atoms in total. The van der Waals surface area contributed by atoms with Gasteiger partial charge in [0.05, 0.1) is 23.8 Å². The van der Waals surface area contributed by atoms with Gasteiger partial charge in [-0.1, -0.05) is 19.1 Å². The molecule has 1 atom stereocenters. The molecule has 2 aromatic carbocycles. The number of benzene rings is 2. The molecule has 2 aliphatic rings. The minimum Gasteiger partial charge on any atom is -0.495 e. The summed E-state index contributed by atoms with van der Waals surface area (Å²) in [6.07, 6.45) is 4.73. The number of hydrogen-bond donors (Lipinski definition) is 2. The van der Waals surface area contributed by atoms with Gasteiger partial charge in [-0.15, -0.1) is 0 Å². The first-order valence-electron chi connectivity index (χ1n) is 12.7. The number of piperazine rings is 1. The zero-order valence-electron chi connectivity index (χ0n) is 20.5. The van der Waals surface area contributed by atoms with Gasteiger partial charge in [0, 0.05) is 45.3 Å². The van der Waals surface area contributed by atoms with Crippen LogP contribution in [0.5, 0.6) is 5.75 Å². The first-order valence-corrected chi connectivity index (χ1v) is 13.1. The second kappa shape index (κ2) is 10.5. The largest absolute Gasteiger partial charge is 0.495 e. The highest BCUT2D eigenvalue weighted by atomic mass is 32.1. The monoisotopic (exact) mass is 479 g/mol. The van der Waals surface area contributed by atoms with Gasteiger partial charge in [-0.2, -0.15) is 0 Å². The van der Waals surface area contributed by atoms with Crippen LogP contribution in [0.25, 0.3) is 11.0 Å². The molecule has 2 N–H and O–H groups in total. The Hall–Kier alpha value is -2.35. The SMILES string of the molecule is CCCN(CCN1CCN(c2ccccc2OC)CC1)C1CCc2cc3[nH]c(=S)[nH]c3cc2C1. The molecule has 34 heavy (non-hydrogen) atoms. The molecule has 7 heteroatoms. The highest BCUT2D eigenvalue weighted by Gasteiger charge is 2.26. The van der Waals surface area contributed by atoms with Crippen molar-refractivity contribution in [2.75, 3.05) is 57.8 Å². The molecule has 1 fully saturated rings. The number of nitrogens with zero attached hydrogens (tertiary/aromatic N) is 3. The summed E-state index contributed by atoms with van der Waals surface area (Å²) in [4.78, 5) is 14.4. The van der Waals surface area contributed by atoms with Crippen LogP contribution in [0.1, 0.15) is 30.9 Å². The number of hydrogen-bond acceptors (Lipinski definition) is 5. The summed E-state index contributed by atoms with van der Waals surface area (Å²) in [7, 11) is 1.76. The number of fused-ring (bicyclic) bond motifs is 2. The van der Waals surface area contributed by atoms with E-state index in [0.717, 1.165) is 68.9 Å². The van der Waals surface area contributed by atoms with Crippen LogP contribution >= 0.6 is 12.2 Å². The fourth-order valence-corrected chi connectivity index (χ4v) is 5.94. The Labute approximate surface area is 207 Å². The van der Waals surface area contributed by atoms with E-state index in [4.69, 9.17) is 17.0 Å². The van der Waals surface area contributed by atoms with Crippen molar-refractivity contribution in [3.63, 3.8) is 0 Å². The van der Waals surface area contributed by atoms with Crippen LogP contribution < -0.4 is 9.64 Å². The number of para-hydroxylation sites is 2. The molecule has 1 unspecified atom stereocenters. The van der Waals surface area contributed by atoms with Crippen LogP contribution in [0.15, 0.2) is 36.4 Å². The molecular weight excluding hydrogens is 442 g/mol. The third-order valence-electron chi connectivity index (χ3n) is 7.57. The van der Waals surface area contributed by atoms with Crippen LogP contribution in [0.2, 0.25) is 0 Å². The summed E-state index contributed by atoms with van der Waals surface area (Å²) in [6.45, 7) is 10.1. The second-order valence-electron chi connectivity index (χ2n) is 9.68. The van der Waals surface area contributed by atoms with Gasteiger partial charge in [-0.25, -0.2) is 0 Å². The smallest absolute Gasteiger partial charge is 0.175 e. The van der Waals surface area contributed by atoms with Crippen molar-refractivity contribution in [3.05, 3.63) is 52.3 Å². The zero-order chi connectivity index (χ0) is 23.5. The zero-order valence-corrected chi connectivity index (χ0v) is 21.3. The number of ether oxygens (including phenoxy) is 1. The first kappa shape index (κ1) is 23.4. The third kappa shape index (κ3) is 5.02. The summed E-state index contributed by atoms with van der Waals surface area (Å²) in [5.41, 5.74) is 6.47. The van der Waals surface area contributed by atoms with Gasteiger partial charge < -0.3 is 19.6 Å². The fourth-order valence-electron chi connectivity index (χ4n) is 5.72. The lowest BCUT2D eigenvalue weighted by atomic mass is 9.87. The molecule has 0 amide bonds. The van der Waals surface area contributed by atoms with Crippen LogP contribution in [0.3, 0.4) is 0 Å². The average Bonchev–Trinajstić information content (AvgIpc) is 3.23. The van der Waals surface area contributed by atoms with Gasteiger partial charge in [0.25, 0.3) is 0 Å². The van der Waals surface area contributed by atoms with Gasteiger partial charge in [0.15, 0.2) is 4.77 Å². The summed E-state index contributed by atoms with van der Waals surface area (Å²) >= 11 is 5.30. The molecule has 0 saturated carbocycles. The number of aryl methyl sites for hydroxylation is 1. The summed E-state index contributed by atoms with van der Waals surface area (Å²) < 4.78 is 6.29. The van der Waals surface area contributed by atoms with Crippen LogP contribution in [-0.4, -0.2) is 78.7 Å². The number of anilines is 1. The van der Waals surface area contributed by atoms with Gasteiger partial charge in [-0.3, -0.25) is 9.80 Å². The number of H-pyrrole nitrogens is 2. The maximum atomic E-state index is 5.58. The molecule has 182 valence electrons. The van der Waals surface area contributed by atoms with Crippen molar-refractivity contribution in [1.29, 1.82) is 0 Å². The Kier molecular flexibility index (Phi) is 7.23. The molecule has 1 saturated heterocycles. The van der Waals surface area contributed by atoms with Gasteiger partial charge in [-0.05, 0) is 79.8 Å². The lowest BCUT2D eigenvalue weighted by Gasteiger charge is -2.39. The van der Waals surface area contributed by atoms with Gasteiger partial charge >= 0.3 is 0 Å². The molecule has 0 bridgehead atoms. The van der Waals surface area contributed by atoms with E-state index in [-0.39, 0.29) is 0 Å². The normalized spacial score (nSPS) is 19.0. The van der Waals surface area contributed by atoms with E-state index < -0.39 is 0 Å². The van der Waals surface area contributed by atoms with E-state index in [1.54, 1.807) is 7.11 Å². The van der Waals surface area contributed by atoms with E-state index in [2.05, 4.69) is 61.9 Å². The predicted molar refractivity (Wildman–Crippen MR) is 143 cm³/mol. The lowest BCUT2D eigenvalue weighted by Crippen LogP contribution is -2.50. The molecule has 2 heterocycles. The maximum Gasteiger partial charge on any atom is 0.175 e.